The minimum Gasteiger partial charge on any atom is -0.333 e. The number of nitrogens with zero attached hydrogens (tertiary/aromatic N) is 1. The first-order valence-corrected chi connectivity index (χ1v) is 9.28. The molecule has 0 fully saturated rings. The molecule has 128 valence electrons. The van der Waals surface area contributed by atoms with Gasteiger partial charge in [-0.1, -0.05) is 43.4 Å². The van der Waals surface area contributed by atoms with E-state index in [-0.39, 0.29) is 5.75 Å². The van der Waals surface area contributed by atoms with Gasteiger partial charge in [-0.05, 0) is 43.3 Å². The number of para-hydroxylation sites is 1. The number of pyridine rings is 1. The van der Waals surface area contributed by atoms with Gasteiger partial charge >= 0.3 is 0 Å². The van der Waals surface area contributed by atoms with Crippen molar-refractivity contribution in [2.24, 2.45) is 5.73 Å². The average molecular weight is 357 g/mol. The Hall–Kier alpha value is -1.41. The number of hydrogen-bond acceptors (Lipinski definition) is 5. The highest BCUT2D eigenvalue weighted by atomic mass is 32.2. The second kappa shape index (κ2) is 12.1. The van der Waals surface area contributed by atoms with Crippen LogP contribution in [-0.2, 0) is 10.1 Å². The first-order chi connectivity index (χ1) is 10.9. The van der Waals surface area contributed by atoms with Gasteiger partial charge < -0.3 is 5.73 Å². The Balaban J connectivity index is 0.000000380. The van der Waals surface area contributed by atoms with Crippen LogP contribution in [0.15, 0.2) is 42.6 Å². The monoisotopic (exact) mass is 356 g/mol. The highest BCUT2D eigenvalue weighted by Gasteiger charge is 2.03. The van der Waals surface area contributed by atoms with Crippen LogP contribution in [-0.4, -0.2) is 35.6 Å². The molecule has 5 nitrogen and oxygen atoms in total. The average Bonchev–Trinajstić information content (AvgIpc) is 2.56. The van der Waals surface area contributed by atoms with E-state index >= 15 is 0 Å². The van der Waals surface area contributed by atoms with Gasteiger partial charge in [-0.25, -0.2) is 0 Å². The van der Waals surface area contributed by atoms with E-state index in [0.717, 1.165) is 16.8 Å². The molecule has 0 aliphatic rings. The fourth-order valence-corrected chi connectivity index (χ4v) is 2.30. The van der Waals surface area contributed by atoms with E-state index in [2.05, 4.69) is 22.9 Å². The topological polar surface area (TPSA) is 93.3 Å². The Morgan fingerprint density at radius 2 is 1.83 bits per heavy atom. The molecule has 0 aliphatic heterocycles. The molecule has 2 rings (SSSR count). The second-order valence-electron chi connectivity index (χ2n) is 4.48. The lowest BCUT2D eigenvalue weighted by atomic mass is 10.2. The molecule has 2 aromatic rings. The van der Waals surface area contributed by atoms with E-state index in [0.29, 0.717) is 12.8 Å². The molecule has 3 N–H and O–H groups in total. The smallest absolute Gasteiger partial charge is 0.264 e. The molecule has 0 bridgehead atoms. The van der Waals surface area contributed by atoms with E-state index in [1.165, 1.54) is 12.4 Å². The Morgan fingerprint density at radius 1 is 1.22 bits per heavy atom. The van der Waals surface area contributed by atoms with Crippen LogP contribution in [0.5, 0.6) is 0 Å². The molecular formula is C16H24N2O3S2. The molecule has 23 heavy (non-hydrogen) atoms. The zero-order chi connectivity index (χ0) is 17.7. The van der Waals surface area contributed by atoms with Crippen molar-refractivity contribution >= 4 is 38.1 Å². The maximum absolute atomic E-state index is 10.2. The lowest BCUT2D eigenvalue weighted by Crippen LogP contribution is -2.05. The summed E-state index contributed by atoms with van der Waals surface area (Å²) >= 11 is 4.87. The van der Waals surface area contributed by atoms with Crippen LogP contribution in [0.2, 0.25) is 0 Å². The van der Waals surface area contributed by atoms with Crippen LogP contribution < -0.4 is 5.73 Å². The van der Waals surface area contributed by atoms with E-state index in [1.54, 1.807) is 0 Å². The number of benzene rings is 1. The summed E-state index contributed by atoms with van der Waals surface area (Å²) in [6.45, 7) is 1.93. The maximum Gasteiger partial charge on any atom is 0.264 e. The lowest BCUT2D eigenvalue weighted by Gasteiger charge is -1.97. The van der Waals surface area contributed by atoms with E-state index in [1.807, 2.05) is 37.4 Å². The molecule has 1 heterocycles. The first-order valence-electron chi connectivity index (χ1n) is 7.26. The van der Waals surface area contributed by atoms with Crippen molar-refractivity contribution in [2.45, 2.75) is 26.2 Å². The Kier molecular flexibility index (Phi) is 11.3. The highest BCUT2D eigenvalue weighted by molar-refractivity contribution is 7.85. The van der Waals surface area contributed by atoms with Crippen LogP contribution >= 0.6 is 12.2 Å². The fraction of sp³-hybridized carbons (Fsp3) is 0.375. The standard InChI is InChI=1S/C9H7N.C6H12O3S2.CH5N/c1-2-6-9-8(4-1)5-3-7-10-9;1-2-6(10)4-3-5-11(7,8)9;1-2/h1-7H;2-5H2,1H3,(H,7,8,9);2H2,1H3. The molecule has 0 radical (unpaired) electrons. The van der Waals surface area contributed by atoms with Crippen molar-refractivity contribution in [1.29, 1.82) is 0 Å². The minimum absolute atomic E-state index is 0.187. The van der Waals surface area contributed by atoms with Gasteiger partial charge in [-0.15, -0.1) is 0 Å². The van der Waals surface area contributed by atoms with Crippen molar-refractivity contribution in [3.63, 3.8) is 0 Å². The molecule has 0 amide bonds. The molecule has 1 aromatic heterocycles. The summed E-state index contributed by atoms with van der Waals surface area (Å²) < 4.78 is 28.8. The summed E-state index contributed by atoms with van der Waals surface area (Å²) in [5, 5.41) is 1.20. The van der Waals surface area contributed by atoms with Crippen molar-refractivity contribution in [3.8, 4) is 0 Å². The number of hydrogen-bond donors (Lipinski definition) is 2. The van der Waals surface area contributed by atoms with Gasteiger partial charge in [0.2, 0.25) is 0 Å². The highest BCUT2D eigenvalue weighted by Crippen LogP contribution is 2.07. The number of fused-ring (bicyclic) bond motifs is 1. The molecule has 0 saturated heterocycles. The van der Waals surface area contributed by atoms with E-state index in [4.69, 9.17) is 16.8 Å². The van der Waals surface area contributed by atoms with Gasteiger partial charge in [-0.2, -0.15) is 8.42 Å². The quantitative estimate of drug-likeness (QED) is 0.631. The molecule has 0 unspecified atom stereocenters. The zero-order valence-electron chi connectivity index (χ0n) is 13.5. The summed E-state index contributed by atoms with van der Waals surface area (Å²) in [5.41, 5.74) is 5.56. The predicted octanol–water partition coefficient (Wildman–Crippen LogP) is 3.24. The summed E-state index contributed by atoms with van der Waals surface area (Å²) in [6, 6.07) is 12.1. The Bertz CT molecular complexity index is 623. The number of aromatic nitrogens is 1. The van der Waals surface area contributed by atoms with Crippen molar-refractivity contribution in [1.82, 2.24) is 4.98 Å². The van der Waals surface area contributed by atoms with Gasteiger partial charge in [0.05, 0.1) is 11.3 Å². The summed E-state index contributed by atoms with van der Waals surface area (Å²) in [6.07, 6.45) is 3.63. The molecule has 0 saturated carbocycles. The van der Waals surface area contributed by atoms with Crippen LogP contribution in [0.25, 0.3) is 10.9 Å². The van der Waals surface area contributed by atoms with Crippen molar-refractivity contribution in [3.05, 3.63) is 42.6 Å². The van der Waals surface area contributed by atoms with Crippen LogP contribution in [0.3, 0.4) is 0 Å². The van der Waals surface area contributed by atoms with Crippen molar-refractivity contribution in [2.75, 3.05) is 12.8 Å². The number of nitrogens with two attached hydrogens (primary N) is 1. The molecule has 0 atom stereocenters. The third-order valence-corrected chi connectivity index (χ3v) is 4.06. The summed E-state index contributed by atoms with van der Waals surface area (Å²) in [5.74, 6) is -0.187. The Labute approximate surface area is 143 Å². The first kappa shape index (κ1) is 21.6. The number of thiocarbonyl (C=S) groups is 1. The fourth-order valence-electron chi connectivity index (χ4n) is 1.64. The van der Waals surface area contributed by atoms with Gasteiger partial charge in [-0.3, -0.25) is 9.54 Å². The maximum atomic E-state index is 10.2. The Morgan fingerprint density at radius 3 is 2.39 bits per heavy atom. The van der Waals surface area contributed by atoms with E-state index < -0.39 is 10.1 Å². The minimum atomic E-state index is -3.79. The zero-order valence-corrected chi connectivity index (χ0v) is 15.1. The molecule has 7 heteroatoms. The van der Waals surface area contributed by atoms with Crippen LogP contribution in [0, 0.1) is 0 Å². The lowest BCUT2D eigenvalue weighted by molar-refractivity contribution is 0.481. The van der Waals surface area contributed by atoms with E-state index in [9.17, 15) is 8.42 Å². The largest absolute Gasteiger partial charge is 0.333 e. The molecule has 0 aliphatic carbocycles. The van der Waals surface area contributed by atoms with Crippen LogP contribution in [0.1, 0.15) is 26.2 Å². The van der Waals surface area contributed by atoms with Gasteiger partial charge in [0.15, 0.2) is 0 Å². The second-order valence-corrected chi connectivity index (χ2v) is 6.63. The SMILES string of the molecule is CCC(=S)CCCS(=O)(=O)O.CN.c1ccc2ncccc2c1. The molecule has 1 aromatic carbocycles. The van der Waals surface area contributed by atoms with Crippen molar-refractivity contribution < 1.29 is 13.0 Å². The summed E-state index contributed by atoms with van der Waals surface area (Å²) in [7, 11) is -2.29. The van der Waals surface area contributed by atoms with Gasteiger partial charge in [0.1, 0.15) is 0 Å². The normalized spacial score (nSPS) is 10.1. The third kappa shape index (κ3) is 10.9. The molecular weight excluding hydrogens is 332 g/mol. The van der Waals surface area contributed by atoms with Crippen LogP contribution in [0.4, 0.5) is 0 Å². The van der Waals surface area contributed by atoms with Gasteiger partial charge in [0, 0.05) is 11.6 Å². The predicted molar refractivity (Wildman–Crippen MR) is 100 cm³/mol. The number of rotatable bonds is 5. The summed E-state index contributed by atoms with van der Waals surface area (Å²) in [4.78, 5) is 5.04. The molecule has 0 spiro atoms. The van der Waals surface area contributed by atoms with Gasteiger partial charge in [0.25, 0.3) is 10.1 Å². The third-order valence-electron chi connectivity index (χ3n) is 2.76.